The van der Waals surface area contributed by atoms with Crippen LogP contribution in [0.3, 0.4) is 0 Å². The van der Waals surface area contributed by atoms with Crippen LogP contribution in [0.25, 0.3) is 0 Å². The second kappa shape index (κ2) is 9.75. The summed E-state index contributed by atoms with van der Waals surface area (Å²) in [6.07, 6.45) is 0. The van der Waals surface area contributed by atoms with Crippen molar-refractivity contribution in [1.29, 1.82) is 0 Å². The second-order valence-electron chi connectivity index (χ2n) is 6.29. The summed E-state index contributed by atoms with van der Waals surface area (Å²) < 4.78 is 27.6. The molecule has 3 aromatic rings. The lowest BCUT2D eigenvalue weighted by Gasteiger charge is -2.13. The predicted molar refractivity (Wildman–Crippen MR) is 124 cm³/mol. The van der Waals surface area contributed by atoms with Crippen LogP contribution in [0.1, 0.15) is 6.92 Å². The third-order valence-corrected chi connectivity index (χ3v) is 7.39. The predicted octanol–water partition coefficient (Wildman–Crippen LogP) is 5.91. The van der Waals surface area contributed by atoms with Gasteiger partial charge in [-0.15, -0.1) is 11.8 Å². The fourth-order valence-corrected chi connectivity index (χ4v) is 4.97. The highest BCUT2D eigenvalue weighted by atomic mass is 35.5. The van der Waals surface area contributed by atoms with Gasteiger partial charge in [-0.1, -0.05) is 47.5 Å². The lowest BCUT2D eigenvalue weighted by molar-refractivity contribution is -0.115. The van der Waals surface area contributed by atoms with Crippen LogP contribution in [0.15, 0.2) is 82.6 Å². The molecule has 156 valence electrons. The molecule has 0 radical (unpaired) electrons. The molecule has 0 aliphatic heterocycles. The van der Waals surface area contributed by atoms with E-state index in [1.807, 2.05) is 18.2 Å². The summed E-state index contributed by atoms with van der Waals surface area (Å²) in [5.74, 6) is -0.218. The zero-order valence-corrected chi connectivity index (χ0v) is 18.9. The van der Waals surface area contributed by atoms with Crippen molar-refractivity contribution < 1.29 is 13.2 Å². The van der Waals surface area contributed by atoms with E-state index in [1.165, 1.54) is 36.0 Å². The summed E-state index contributed by atoms with van der Waals surface area (Å²) >= 11 is 13.5. The van der Waals surface area contributed by atoms with Crippen molar-refractivity contribution in [2.24, 2.45) is 0 Å². The van der Waals surface area contributed by atoms with Gasteiger partial charge in [-0.2, -0.15) is 0 Å². The Kier molecular flexibility index (Phi) is 7.31. The SMILES string of the molecule is CC(Sc1ccccc1Cl)C(=O)Nc1ccc(S(=O)(=O)Nc2ccccc2Cl)cc1. The maximum absolute atomic E-state index is 12.6. The van der Waals surface area contributed by atoms with Gasteiger partial charge in [-0.3, -0.25) is 9.52 Å². The average Bonchev–Trinajstić information content (AvgIpc) is 2.71. The molecule has 0 bridgehead atoms. The topological polar surface area (TPSA) is 75.3 Å². The van der Waals surface area contributed by atoms with E-state index in [-0.39, 0.29) is 10.8 Å². The van der Waals surface area contributed by atoms with Gasteiger partial charge in [0, 0.05) is 10.6 Å². The lowest BCUT2D eigenvalue weighted by Crippen LogP contribution is -2.22. The number of thioether (sulfide) groups is 1. The van der Waals surface area contributed by atoms with E-state index in [1.54, 1.807) is 37.3 Å². The maximum Gasteiger partial charge on any atom is 0.261 e. The normalized spacial score (nSPS) is 12.2. The van der Waals surface area contributed by atoms with Gasteiger partial charge in [0.25, 0.3) is 10.0 Å². The smallest absolute Gasteiger partial charge is 0.261 e. The number of sulfonamides is 1. The fraction of sp³-hybridized carbons (Fsp3) is 0.0952. The van der Waals surface area contributed by atoms with Crippen molar-refractivity contribution in [2.45, 2.75) is 22.0 Å². The number of rotatable bonds is 7. The van der Waals surface area contributed by atoms with Crippen LogP contribution in [-0.4, -0.2) is 19.6 Å². The van der Waals surface area contributed by atoms with Gasteiger partial charge in [0.1, 0.15) is 0 Å². The molecular weight excluding hydrogens is 463 g/mol. The third kappa shape index (κ3) is 5.70. The van der Waals surface area contributed by atoms with E-state index in [0.29, 0.717) is 21.4 Å². The van der Waals surface area contributed by atoms with Gasteiger partial charge in [0.15, 0.2) is 0 Å². The quantitative estimate of drug-likeness (QED) is 0.411. The molecule has 0 fully saturated rings. The molecule has 30 heavy (non-hydrogen) atoms. The molecule has 0 heterocycles. The summed E-state index contributed by atoms with van der Waals surface area (Å²) in [4.78, 5) is 13.3. The first kappa shape index (κ1) is 22.5. The van der Waals surface area contributed by atoms with Gasteiger partial charge in [0.05, 0.1) is 25.9 Å². The molecule has 0 spiro atoms. The molecule has 0 saturated heterocycles. The standard InChI is InChI=1S/C21H18Cl2N2O3S2/c1-14(29-20-9-5-3-7-18(20)23)21(26)24-15-10-12-16(13-11-15)30(27,28)25-19-8-4-2-6-17(19)22/h2-14,25H,1H3,(H,24,26). The highest BCUT2D eigenvalue weighted by molar-refractivity contribution is 8.00. The van der Waals surface area contributed by atoms with Gasteiger partial charge < -0.3 is 5.32 Å². The zero-order valence-electron chi connectivity index (χ0n) is 15.8. The van der Waals surface area contributed by atoms with Crippen LogP contribution in [-0.2, 0) is 14.8 Å². The monoisotopic (exact) mass is 480 g/mol. The van der Waals surface area contributed by atoms with Gasteiger partial charge in [0.2, 0.25) is 5.91 Å². The van der Waals surface area contributed by atoms with Crippen molar-refractivity contribution in [3.8, 4) is 0 Å². The van der Waals surface area contributed by atoms with E-state index < -0.39 is 15.3 Å². The van der Waals surface area contributed by atoms with Crippen LogP contribution in [0.5, 0.6) is 0 Å². The van der Waals surface area contributed by atoms with Crippen LogP contribution in [0.2, 0.25) is 10.0 Å². The summed E-state index contributed by atoms with van der Waals surface area (Å²) in [5.41, 5.74) is 0.783. The Morgan fingerprint density at radius 1 is 0.900 bits per heavy atom. The molecule has 1 unspecified atom stereocenters. The Morgan fingerprint density at radius 3 is 2.13 bits per heavy atom. The number of anilines is 2. The number of hydrogen-bond acceptors (Lipinski definition) is 4. The van der Waals surface area contributed by atoms with Crippen LogP contribution in [0, 0.1) is 0 Å². The molecule has 0 aliphatic carbocycles. The van der Waals surface area contributed by atoms with E-state index >= 15 is 0 Å². The van der Waals surface area contributed by atoms with Gasteiger partial charge in [-0.25, -0.2) is 8.42 Å². The van der Waals surface area contributed by atoms with E-state index in [9.17, 15) is 13.2 Å². The molecule has 1 amide bonds. The minimum absolute atomic E-state index is 0.0545. The number of para-hydroxylation sites is 1. The van der Waals surface area contributed by atoms with Gasteiger partial charge >= 0.3 is 0 Å². The number of carbonyl (C=O) groups is 1. The largest absolute Gasteiger partial charge is 0.325 e. The first-order valence-electron chi connectivity index (χ1n) is 8.86. The van der Waals surface area contributed by atoms with E-state index in [0.717, 1.165) is 4.90 Å². The summed E-state index contributed by atoms with van der Waals surface area (Å²) in [5, 5.41) is 3.27. The van der Waals surface area contributed by atoms with E-state index in [4.69, 9.17) is 23.2 Å². The van der Waals surface area contributed by atoms with Gasteiger partial charge in [-0.05, 0) is 55.5 Å². The van der Waals surface area contributed by atoms with Crippen LogP contribution < -0.4 is 10.0 Å². The molecule has 1 atom stereocenters. The van der Waals surface area contributed by atoms with Crippen molar-refractivity contribution in [1.82, 2.24) is 0 Å². The number of benzene rings is 3. The molecule has 3 rings (SSSR count). The fourth-order valence-electron chi connectivity index (χ4n) is 2.49. The summed E-state index contributed by atoms with van der Waals surface area (Å²) in [7, 11) is -3.81. The molecule has 0 saturated carbocycles. The zero-order chi connectivity index (χ0) is 21.7. The first-order chi connectivity index (χ1) is 14.3. The first-order valence-corrected chi connectivity index (χ1v) is 12.0. The minimum atomic E-state index is -3.81. The molecule has 9 heteroatoms. The Morgan fingerprint density at radius 2 is 1.50 bits per heavy atom. The molecule has 0 aromatic heterocycles. The Balaban J connectivity index is 1.66. The maximum atomic E-state index is 12.6. The molecule has 2 N–H and O–H groups in total. The van der Waals surface area contributed by atoms with Crippen molar-refractivity contribution in [2.75, 3.05) is 10.0 Å². The number of carbonyl (C=O) groups excluding carboxylic acids is 1. The molecule has 3 aromatic carbocycles. The lowest BCUT2D eigenvalue weighted by atomic mass is 10.3. The Labute approximate surface area is 189 Å². The number of amides is 1. The second-order valence-corrected chi connectivity index (χ2v) is 10.2. The number of hydrogen-bond donors (Lipinski definition) is 2. The molecule has 0 aliphatic rings. The minimum Gasteiger partial charge on any atom is -0.325 e. The van der Waals surface area contributed by atoms with E-state index in [2.05, 4.69) is 10.0 Å². The van der Waals surface area contributed by atoms with Crippen molar-refractivity contribution in [3.63, 3.8) is 0 Å². The highest BCUT2D eigenvalue weighted by Gasteiger charge is 2.18. The summed E-state index contributed by atoms with van der Waals surface area (Å²) in [6.45, 7) is 1.77. The van der Waals surface area contributed by atoms with Crippen molar-refractivity contribution in [3.05, 3.63) is 82.8 Å². The van der Waals surface area contributed by atoms with Crippen LogP contribution >= 0.6 is 35.0 Å². The molecular formula is C21H18Cl2N2O3S2. The number of nitrogens with one attached hydrogen (secondary N) is 2. The third-order valence-electron chi connectivity index (χ3n) is 4.06. The average molecular weight is 481 g/mol. The Bertz CT molecular complexity index is 1150. The summed E-state index contributed by atoms with van der Waals surface area (Å²) in [6, 6.07) is 19.8. The van der Waals surface area contributed by atoms with Crippen molar-refractivity contribution >= 4 is 62.3 Å². The molecule has 5 nitrogen and oxygen atoms in total. The van der Waals surface area contributed by atoms with Crippen LogP contribution in [0.4, 0.5) is 11.4 Å². The Hall–Kier alpha value is -2.19. The highest BCUT2D eigenvalue weighted by Crippen LogP contribution is 2.30. The number of halogens is 2.